The lowest BCUT2D eigenvalue weighted by Gasteiger charge is -2.16. The lowest BCUT2D eigenvalue weighted by molar-refractivity contribution is 0.432. The topological polar surface area (TPSA) is 12.0 Å². The molecule has 1 aromatic rings. The Hall–Kier alpha value is -0.470. The van der Waals surface area contributed by atoms with E-state index in [1.165, 1.54) is 30.0 Å². The number of rotatable bonds is 9. The van der Waals surface area contributed by atoms with Gasteiger partial charge in [0, 0.05) is 4.90 Å². The van der Waals surface area contributed by atoms with Crippen LogP contribution in [0.1, 0.15) is 33.6 Å². The molecule has 1 nitrogen and oxygen atoms in total. The van der Waals surface area contributed by atoms with Crippen molar-refractivity contribution in [2.75, 3.05) is 18.8 Å². The monoisotopic (exact) mass is 265 g/mol. The van der Waals surface area contributed by atoms with Crippen LogP contribution in [-0.4, -0.2) is 18.8 Å². The van der Waals surface area contributed by atoms with Gasteiger partial charge in [0.15, 0.2) is 0 Å². The molecule has 18 heavy (non-hydrogen) atoms. The molecule has 102 valence electrons. The van der Waals surface area contributed by atoms with Crippen LogP contribution in [0.3, 0.4) is 0 Å². The van der Waals surface area contributed by atoms with E-state index in [0.717, 1.165) is 18.4 Å². The number of benzene rings is 1. The van der Waals surface area contributed by atoms with Gasteiger partial charge in [-0.25, -0.2) is 0 Å². The lowest BCUT2D eigenvalue weighted by Crippen LogP contribution is -2.26. The second kappa shape index (κ2) is 9.46. The molecule has 1 N–H and O–H groups in total. The summed E-state index contributed by atoms with van der Waals surface area (Å²) in [4.78, 5) is 1.39. The SMILES string of the molecule is CCC(CCSc1ccccc1)CNCC(C)C. The van der Waals surface area contributed by atoms with Crippen LogP contribution in [0.2, 0.25) is 0 Å². The molecule has 0 aromatic heterocycles. The molecule has 0 heterocycles. The highest BCUT2D eigenvalue weighted by atomic mass is 32.2. The summed E-state index contributed by atoms with van der Waals surface area (Å²) in [6.45, 7) is 9.14. The van der Waals surface area contributed by atoms with Crippen LogP contribution < -0.4 is 5.32 Å². The molecule has 0 aliphatic rings. The van der Waals surface area contributed by atoms with Crippen molar-refractivity contribution in [3.05, 3.63) is 30.3 Å². The average molecular weight is 265 g/mol. The van der Waals surface area contributed by atoms with Gasteiger partial charge in [0.05, 0.1) is 0 Å². The van der Waals surface area contributed by atoms with E-state index in [0.29, 0.717) is 0 Å². The Bertz CT molecular complexity index is 297. The zero-order valence-electron chi connectivity index (χ0n) is 12.0. The van der Waals surface area contributed by atoms with Crippen LogP contribution in [0, 0.1) is 11.8 Å². The number of thioether (sulfide) groups is 1. The van der Waals surface area contributed by atoms with E-state index >= 15 is 0 Å². The number of nitrogens with one attached hydrogen (secondary N) is 1. The first kappa shape index (κ1) is 15.6. The Morgan fingerprint density at radius 1 is 1.11 bits per heavy atom. The van der Waals surface area contributed by atoms with Crippen molar-refractivity contribution in [2.24, 2.45) is 11.8 Å². The van der Waals surface area contributed by atoms with Crippen molar-refractivity contribution in [3.63, 3.8) is 0 Å². The number of hydrogen-bond donors (Lipinski definition) is 1. The minimum Gasteiger partial charge on any atom is -0.316 e. The Kier molecular flexibility index (Phi) is 8.19. The van der Waals surface area contributed by atoms with Crippen molar-refractivity contribution in [2.45, 2.75) is 38.5 Å². The Balaban J connectivity index is 2.15. The van der Waals surface area contributed by atoms with Crippen LogP contribution in [0.15, 0.2) is 35.2 Å². The number of hydrogen-bond acceptors (Lipinski definition) is 2. The standard InChI is InChI=1S/C16H27NS/c1-4-15(13-17-12-14(2)3)10-11-18-16-8-6-5-7-9-16/h5-9,14-15,17H,4,10-13H2,1-3H3. The van der Waals surface area contributed by atoms with Crippen LogP contribution >= 0.6 is 11.8 Å². The van der Waals surface area contributed by atoms with E-state index in [1.807, 2.05) is 11.8 Å². The molecule has 0 spiro atoms. The normalized spacial score (nSPS) is 12.9. The van der Waals surface area contributed by atoms with E-state index in [2.05, 4.69) is 56.4 Å². The van der Waals surface area contributed by atoms with Crippen LogP contribution in [0.4, 0.5) is 0 Å². The molecule has 0 amide bonds. The summed E-state index contributed by atoms with van der Waals surface area (Å²) >= 11 is 1.98. The quantitative estimate of drug-likeness (QED) is 0.662. The third-order valence-corrected chi connectivity index (χ3v) is 4.15. The molecule has 0 aliphatic carbocycles. The lowest BCUT2D eigenvalue weighted by atomic mass is 10.0. The Labute approximate surface area is 117 Å². The highest BCUT2D eigenvalue weighted by molar-refractivity contribution is 7.99. The van der Waals surface area contributed by atoms with E-state index in [9.17, 15) is 0 Å². The molecule has 0 bridgehead atoms. The van der Waals surface area contributed by atoms with Gasteiger partial charge in [0.1, 0.15) is 0 Å². The predicted octanol–water partition coefficient (Wildman–Crippen LogP) is 4.44. The first-order valence-corrected chi connectivity index (χ1v) is 8.09. The third kappa shape index (κ3) is 7.07. The smallest absolute Gasteiger partial charge is 0.00719 e. The maximum absolute atomic E-state index is 3.58. The van der Waals surface area contributed by atoms with Gasteiger partial charge in [-0.15, -0.1) is 11.8 Å². The molecule has 2 heteroatoms. The summed E-state index contributed by atoms with van der Waals surface area (Å²) in [5, 5.41) is 3.58. The minimum absolute atomic E-state index is 0.751. The van der Waals surface area contributed by atoms with Crippen molar-refractivity contribution in [3.8, 4) is 0 Å². The maximum atomic E-state index is 3.58. The Morgan fingerprint density at radius 3 is 2.44 bits per heavy atom. The second-order valence-electron chi connectivity index (χ2n) is 5.28. The maximum Gasteiger partial charge on any atom is 0.00719 e. The highest BCUT2D eigenvalue weighted by Gasteiger charge is 2.06. The fraction of sp³-hybridized carbons (Fsp3) is 0.625. The van der Waals surface area contributed by atoms with Gasteiger partial charge in [-0.3, -0.25) is 0 Å². The molecule has 1 atom stereocenters. The molecule has 1 rings (SSSR count). The summed E-state index contributed by atoms with van der Waals surface area (Å²) in [7, 11) is 0. The first-order valence-electron chi connectivity index (χ1n) is 7.11. The molecule has 1 aromatic carbocycles. The zero-order chi connectivity index (χ0) is 13.2. The Morgan fingerprint density at radius 2 is 1.83 bits per heavy atom. The van der Waals surface area contributed by atoms with Gasteiger partial charge in [0.2, 0.25) is 0 Å². The van der Waals surface area contributed by atoms with Gasteiger partial charge in [0.25, 0.3) is 0 Å². The van der Waals surface area contributed by atoms with Crippen LogP contribution in [0.25, 0.3) is 0 Å². The van der Waals surface area contributed by atoms with E-state index < -0.39 is 0 Å². The van der Waals surface area contributed by atoms with Crippen molar-refractivity contribution < 1.29 is 0 Å². The van der Waals surface area contributed by atoms with Gasteiger partial charge in [-0.05, 0) is 49.2 Å². The molecule has 0 radical (unpaired) electrons. The molecule has 0 saturated carbocycles. The van der Waals surface area contributed by atoms with Crippen LogP contribution in [-0.2, 0) is 0 Å². The van der Waals surface area contributed by atoms with Crippen LogP contribution in [0.5, 0.6) is 0 Å². The zero-order valence-corrected chi connectivity index (χ0v) is 12.8. The van der Waals surface area contributed by atoms with E-state index in [4.69, 9.17) is 0 Å². The average Bonchev–Trinajstić information content (AvgIpc) is 2.38. The van der Waals surface area contributed by atoms with Crippen molar-refractivity contribution in [1.29, 1.82) is 0 Å². The van der Waals surface area contributed by atoms with Gasteiger partial charge in [-0.2, -0.15) is 0 Å². The predicted molar refractivity (Wildman–Crippen MR) is 83.3 cm³/mol. The summed E-state index contributed by atoms with van der Waals surface area (Å²) in [5.41, 5.74) is 0. The van der Waals surface area contributed by atoms with Crippen molar-refractivity contribution in [1.82, 2.24) is 5.32 Å². The van der Waals surface area contributed by atoms with E-state index in [1.54, 1.807) is 0 Å². The van der Waals surface area contributed by atoms with Gasteiger partial charge in [-0.1, -0.05) is 45.4 Å². The molecular weight excluding hydrogens is 238 g/mol. The molecule has 0 aliphatic heterocycles. The summed E-state index contributed by atoms with van der Waals surface area (Å²) in [5.74, 6) is 2.80. The highest BCUT2D eigenvalue weighted by Crippen LogP contribution is 2.20. The van der Waals surface area contributed by atoms with E-state index in [-0.39, 0.29) is 0 Å². The molecule has 0 saturated heterocycles. The summed E-state index contributed by atoms with van der Waals surface area (Å²) in [6.07, 6.45) is 2.58. The molecule has 0 fully saturated rings. The first-order chi connectivity index (χ1) is 8.72. The summed E-state index contributed by atoms with van der Waals surface area (Å²) < 4.78 is 0. The largest absolute Gasteiger partial charge is 0.316 e. The summed E-state index contributed by atoms with van der Waals surface area (Å²) in [6, 6.07) is 10.7. The molecule has 1 unspecified atom stereocenters. The second-order valence-corrected chi connectivity index (χ2v) is 6.44. The van der Waals surface area contributed by atoms with Crippen molar-refractivity contribution >= 4 is 11.8 Å². The van der Waals surface area contributed by atoms with Gasteiger partial charge >= 0.3 is 0 Å². The fourth-order valence-corrected chi connectivity index (χ4v) is 2.92. The molecular formula is C16H27NS. The third-order valence-electron chi connectivity index (χ3n) is 3.10. The minimum atomic E-state index is 0.751. The fourth-order valence-electron chi connectivity index (χ4n) is 1.89. The van der Waals surface area contributed by atoms with Gasteiger partial charge < -0.3 is 5.32 Å².